The molecule has 0 fully saturated rings. The summed E-state index contributed by atoms with van der Waals surface area (Å²) in [6.07, 6.45) is 1.70. The fourth-order valence-corrected chi connectivity index (χ4v) is 4.85. The van der Waals surface area contributed by atoms with Gasteiger partial charge in [0.1, 0.15) is 0 Å². The van der Waals surface area contributed by atoms with Crippen LogP contribution in [0.15, 0.2) is 58.7 Å². The first-order valence-corrected chi connectivity index (χ1v) is 12.7. The van der Waals surface area contributed by atoms with Gasteiger partial charge in [0.15, 0.2) is 11.0 Å². The van der Waals surface area contributed by atoms with Gasteiger partial charge in [-0.15, -0.1) is 16.8 Å². The molecule has 1 aromatic heterocycles. The highest BCUT2D eigenvalue weighted by molar-refractivity contribution is 9.10. The Morgan fingerprint density at radius 2 is 2.00 bits per heavy atom. The number of nitrogens with zero attached hydrogens (tertiary/aromatic N) is 3. The first kappa shape index (κ1) is 26.3. The molecule has 3 aromatic rings. The molecule has 11 heteroatoms. The monoisotopic (exact) mass is 581 g/mol. The lowest BCUT2D eigenvalue weighted by Crippen LogP contribution is -2.29. The normalized spacial score (nSPS) is 11.7. The highest BCUT2D eigenvalue weighted by Gasteiger charge is 2.21. The Labute approximate surface area is 220 Å². The number of aromatic nitrogens is 3. The predicted octanol–water partition coefficient (Wildman–Crippen LogP) is 6.06. The summed E-state index contributed by atoms with van der Waals surface area (Å²) in [7, 11) is 0. The predicted molar refractivity (Wildman–Crippen MR) is 141 cm³/mol. The van der Waals surface area contributed by atoms with Crippen molar-refractivity contribution in [1.82, 2.24) is 20.1 Å². The Balaban J connectivity index is 1.68. The fourth-order valence-electron chi connectivity index (χ4n) is 3.12. The topological polar surface area (TPSA) is 88.9 Å². The van der Waals surface area contributed by atoms with Crippen molar-refractivity contribution in [2.75, 3.05) is 11.1 Å². The van der Waals surface area contributed by atoms with Crippen molar-refractivity contribution in [2.24, 2.45) is 0 Å². The third kappa shape index (κ3) is 6.63. The molecule has 3 rings (SSSR count). The van der Waals surface area contributed by atoms with Gasteiger partial charge >= 0.3 is 0 Å². The van der Waals surface area contributed by atoms with Gasteiger partial charge in [-0.25, -0.2) is 0 Å². The fraction of sp³-hybridized carbons (Fsp3) is 0.217. The SMILES string of the molecule is C=CCn1c(SCC(=O)Nc2ccc(Br)cc2C)nnc1[C@@H](C)NC(=O)c1ccc(Cl)cc1Cl. The lowest BCUT2D eigenvalue weighted by atomic mass is 10.2. The number of benzene rings is 2. The van der Waals surface area contributed by atoms with Crippen LogP contribution in [0.25, 0.3) is 0 Å². The van der Waals surface area contributed by atoms with Gasteiger partial charge < -0.3 is 15.2 Å². The number of thioether (sulfide) groups is 1. The van der Waals surface area contributed by atoms with Crippen LogP contribution in [0.3, 0.4) is 0 Å². The second kappa shape index (κ2) is 11.9. The summed E-state index contributed by atoms with van der Waals surface area (Å²) < 4.78 is 2.76. The summed E-state index contributed by atoms with van der Waals surface area (Å²) in [5, 5.41) is 15.5. The lowest BCUT2D eigenvalue weighted by molar-refractivity contribution is -0.113. The zero-order valence-electron chi connectivity index (χ0n) is 18.4. The van der Waals surface area contributed by atoms with Gasteiger partial charge in [0.25, 0.3) is 5.91 Å². The molecular weight excluding hydrogens is 561 g/mol. The van der Waals surface area contributed by atoms with Crippen molar-refractivity contribution in [3.8, 4) is 0 Å². The van der Waals surface area contributed by atoms with Crippen LogP contribution in [0.4, 0.5) is 5.69 Å². The molecule has 1 heterocycles. The second-order valence-electron chi connectivity index (χ2n) is 7.36. The number of carbonyl (C=O) groups is 2. The number of aryl methyl sites for hydroxylation is 1. The van der Waals surface area contributed by atoms with Crippen LogP contribution in [0.5, 0.6) is 0 Å². The van der Waals surface area contributed by atoms with E-state index in [4.69, 9.17) is 23.2 Å². The van der Waals surface area contributed by atoms with E-state index < -0.39 is 6.04 Å². The molecule has 2 N–H and O–H groups in total. The molecular formula is C23H22BrCl2N5O2S. The van der Waals surface area contributed by atoms with Gasteiger partial charge in [-0.05, 0) is 55.8 Å². The molecule has 2 amide bonds. The van der Waals surface area contributed by atoms with Gasteiger partial charge in [0.05, 0.1) is 22.4 Å². The molecule has 0 unspecified atom stereocenters. The van der Waals surface area contributed by atoms with Crippen molar-refractivity contribution in [2.45, 2.75) is 31.6 Å². The maximum absolute atomic E-state index is 12.7. The largest absolute Gasteiger partial charge is 0.342 e. The molecule has 2 aromatic carbocycles. The van der Waals surface area contributed by atoms with E-state index in [1.807, 2.05) is 29.7 Å². The second-order valence-corrected chi connectivity index (χ2v) is 10.1. The Kier molecular flexibility index (Phi) is 9.18. The van der Waals surface area contributed by atoms with E-state index in [0.29, 0.717) is 28.1 Å². The molecule has 0 aliphatic heterocycles. The maximum atomic E-state index is 12.7. The third-order valence-corrected chi connectivity index (χ3v) is 6.77. The molecule has 0 bridgehead atoms. The standard InChI is InChI=1S/C23H22BrCl2N5O2S/c1-4-9-31-21(14(3)27-22(33)17-7-6-16(25)11-18(17)26)29-30-23(31)34-12-20(32)28-19-8-5-15(24)10-13(19)2/h4-8,10-11,14H,1,9,12H2,2-3H3,(H,27,33)(H,28,32)/t14-/m1/s1. The minimum atomic E-state index is -0.472. The number of nitrogens with one attached hydrogen (secondary N) is 2. The number of amides is 2. The molecule has 1 atom stereocenters. The number of carbonyl (C=O) groups excluding carboxylic acids is 2. The molecule has 0 radical (unpaired) electrons. The first-order valence-electron chi connectivity index (χ1n) is 10.2. The Morgan fingerprint density at radius 3 is 2.68 bits per heavy atom. The Hall–Kier alpha value is -2.33. The maximum Gasteiger partial charge on any atom is 0.253 e. The summed E-state index contributed by atoms with van der Waals surface area (Å²) in [6.45, 7) is 7.92. The summed E-state index contributed by atoms with van der Waals surface area (Å²) in [6, 6.07) is 9.85. The van der Waals surface area contributed by atoms with Crippen LogP contribution in [0, 0.1) is 6.92 Å². The van der Waals surface area contributed by atoms with Crippen molar-refractivity contribution in [3.63, 3.8) is 0 Å². The van der Waals surface area contributed by atoms with Gasteiger partial charge in [0, 0.05) is 21.7 Å². The van der Waals surface area contributed by atoms with E-state index in [-0.39, 0.29) is 22.6 Å². The van der Waals surface area contributed by atoms with E-state index in [9.17, 15) is 9.59 Å². The van der Waals surface area contributed by atoms with Crippen molar-refractivity contribution in [1.29, 1.82) is 0 Å². The van der Waals surface area contributed by atoms with Crippen LogP contribution in [0.2, 0.25) is 10.0 Å². The molecule has 34 heavy (non-hydrogen) atoms. The van der Waals surface area contributed by atoms with Gasteiger partial charge in [-0.3, -0.25) is 9.59 Å². The average Bonchev–Trinajstić information content (AvgIpc) is 3.17. The van der Waals surface area contributed by atoms with Crippen LogP contribution in [0.1, 0.15) is 34.7 Å². The van der Waals surface area contributed by atoms with E-state index in [1.165, 1.54) is 17.8 Å². The zero-order valence-corrected chi connectivity index (χ0v) is 22.4. The van der Waals surface area contributed by atoms with E-state index in [0.717, 1.165) is 15.7 Å². The van der Waals surface area contributed by atoms with Crippen LogP contribution >= 0.6 is 50.9 Å². The van der Waals surface area contributed by atoms with Crippen LogP contribution < -0.4 is 10.6 Å². The number of halogens is 3. The molecule has 0 spiro atoms. The van der Waals surface area contributed by atoms with Crippen molar-refractivity contribution < 1.29 is 9.59 Å². The molecule has 7 nitrogen and oxygen atoms in total. The van der Waals surface area contributed by atoms with Crippen molar-refractivity contribution >= 4 is 68.4 Å². The first-order chi connectivity index (χ1) is 16.2. The highest BCUT2D eigenvalue weighted by Crippen LogP contribution is 2.25. The third-order valence-electron chi connectivity index (χ3n) is 4.76. The van der Waals surface area contributed by atoms with Gasteiger partial charge in [-0.2, -0.15) is 0 Å². The van der Waals surface area contributed by atoms with Crippen LogP contribution in [-0.4, -0.2) is 32.3 Å². The Bertz CT molecular complexity index is 1230. The quantitative estimate of drug-likeness (QED) is 0.236. The molecule has 0 saturated carbocycles. The van der Waals surface area contributed by atoms with E-state index in [2.05, 4.69) is 43.3 Å². The smallest absolute Gasteiger partial charge is 0.253 e. The van der Waals surface area contributed by atoms with Crippen LogP contribution in [-0.2, 0) is 11.3 Å². The molecule has 0 aliphatic carbocycles. The number of hydrogen-bond acceptors (Lipinski definition) is 5. The summed E-state index contributed by atoms with van der Waals surface area (Å²) in [5.74, 6) is 0.154. The lowest BCUT2D eigenvalue weighted by Gasteiger charge is -2.16. The van der Waals surface area contributed by atoms with Gasteiger partial charge in [-0.1, -0.05) is 57.0 Å². The van der Waals surface area contributed by atoms with E-state index >= 15 is 0 Å². The minimum Gasteiger partial charge on any atom is -0.342 e. The number of rotatable bonds is 9. The molecule has 0 saturated heterocycles. The van der Waals surface area contributed by atoms with E-state index in [1.54, 1.807) is 25.1 Å². The zero-order chi connectivity index (χ0) is 24.8. The number of allylic oxidation sites excluding steroid dienone is 1. The summed E-state index contributed by atoms with van der Waals surface area (Å²) in [4.78, 5) is 25.2. The highest BCUT2D eigenvalue weighted by atomic mass is 79.9. The number of anilines is 1. The molecule has 178 valence electrons. The van der Waals surface area contributed by atoms with Gasteiger partial charge in [0.2, 0.25) is 5.91 Å². The average molecular weight is 583 g/mol. The summed E-state index contributed by atoms with van der Waals surface area (Å²) >= 11 is 16.7. The minimum absolute atomic E-state index is 0.145. The summed E-state index contributed by atoms with van der Waals surface area (Å²) in [5.41, 5.74) is 2.01. The molecule has 0 aliphatic rings. The number of hydrogen-bond donors (Lipinski definition) is 2. The Morgan fingerprint density at radius 1 is 1.24 bits per heavy atom. The van der Waals surface area contributed by atoms with Crippen molar-refractivity contribution in [3.05, 3.63) is 80.5 Å².